The van der Waals surface area contributed by atoms with Crippen molar-refractivity contribution in [1.82, 2.24) is 4.72 Å². The number of ether oxygens (including phenoxy) is 1. The fraction of sp³-hybridized carbons (Fsp3) is 0.368. The third-order valence-corrected chi connectivity index (χ3v) is 6.18. The smallest absolute Gasteiger partial charge is 0.247 e. The predicted molar refractivity (Wildman–Crippen MR) is 97.0 cm³/mol. The molecule has 8 heteroatoms. The zero-order chi connectivity index (χ0) is 19.4. The molecule has 1 aliphatic rings. The Hall–Kier alpha value is -1.87. The number of benzene rings is 2. The molecular weight excluding hydrogens is 374 g/mol. The normalized spacial score (nSPS) is 17.0. The molecule has 0 radical (unpaired) electrons. The van der Waals surface area contributed by atoms with Crippen molar-refractivity contribution in [3.05, 3.63) is 65.2 Å². The number of hydrogen-bond donors (Lipinski definition) is 2. The summed E-state index contributed by atoms with van der Waals surface area (Å²) in [6.07, 6.45) is 0. The molecule has 1 heterocycles. The highest BCUT2D eigenvalue weighted by Crippen LogP contribution is 2.21. The molecule has 0 aliphatic carbocycles. The predicted octanol–water partition coefficient (Wildman–Crippen LogP) is 1.21. The average Bonchev–Trinajstić information content (AvgIpc) is 2.62. The molecule has 27 heavy (non-hydrogen) atoms. The molecular formula is C19H23F2N2O3S+. The Balaban J connectivity index is 1.91. The summed E-state index contributed by atoms with van der Waals surface area (Å²) < 4.78 is 61.4. The van der Waals surface area contributed by atoms with Crippen LogP contribution in [0.25, 0.3) is 0 Å². The van der Waals surface area contributed by atoms with Gasteiger partial charge in [0.2, 0.25) is 10.0 Å². The van der Waals surface area contributed by atoms with Gasteiger partial charge >= 0.3 is 0 Å². The third-order valence-electron chi connectivity index (χ3n) is 4.66. The summed E-state index contributed by atoms with van der Waals surface area (Å²) in [6, 6.07) is 9.84. The van der Waals surface area contributed by atoms with E-state index in [2.05, 4.69) is 4.72 Å². The number of halogens is 2. The standard InChI is InChI=1S/C19H22F2N2O3S/c1-14-5-7-15(8-6-14)18(13-23-9-11-26-12-10-23)22-27(24,25)19-16(20)3-2-4-17(19)21/h2-8,18,22H,9-13H2,1H3/p+1/t18-/m0/s1. The van der Waals surface area contributed by atoms with Gasteiger partial charge in [-0.05, 0) is 24.6 Å². The minimum atomic E-state index is -4.37. The molecule has 2 N–H and O–H groups in total. The van der Waals surface area contributed by atoms with Crippen LogP contribution in [-0.2, 0) is 14.8 Å². The first-order chi connectivity index (χ1) is 12.9. The van der Waals surface area contributed by atoms with Crippen LogP contribution in [0.5, 0.6) is 0 Å². The van der Waals surface area contributed by atoms with Crippen molar-refractivity contribution in [3.63, 3.8) is 0 Å². The van der Waals surface area contributed by atoms with Gasteiger partial charge in [0.1, 0.15) is 24.7 Å². The molecule has 1 aliphatic heterocycles. The second kappa shape index (κ2) is 8.43. The van der Waals surface area contributed by atoms with Crippen molar-refractivity contribution in [1.29, 1.82) is 0 Å². The van der Waals surface area contributed by atoms with Crippen LogP contribution in [0.15, 0.2) is 47.4 Å². The Morgan fingerprint density at radius 3 is 2.26 bits per heavy atom. The Kier molecular flexibility index (Phi) is 6.21. The fourth-order valence-electron chi connectivity index (χ4n) is 3.16. The minimum absolute atomic E-state index is 0.460. The van der Waals surface area contributed by atoms with Crippen LogP contribution in [0.1, 0.15) is 17.2 Å². The lowest BCUT2D eigenvalue weighted by Crippen LogP contribution is -3.14. The van der Waals surface area contributed by atoms with E-state index in [1.165, 1.54) is 4.90 Å². The van der Waals surface area contributed by atoms with Crippen LogP contribution < -0.4 is 9.62 Å². The summed E-state index contributed by atoms with van der Waals surface area (Å²) in [6.45, 7) is 5.10. The van der Waals surface area contributed by atoms with Crippen LogP contribution in [-0.4, -0.2) is 41.3 Å². The summed E-state index contributed by atoms with van der Waals surface area (Å²) in [5.74, 6) is -2.22. The van der Waals surface area contributed by atoms with Crippen LogP contribution in [0.4, 0.5) is 8.78 Å². The van der Waals surface area contributed by atoms with Crippen molar-refractivity contribution in [2.75, 3.05) is 32.8 Å². The van der Waals surface area contributed by atoms with Crippen molar-refractivity contribution in [2.24, 2.45) is 0 Å². The Labute approximate surface area is 158 Å². The molecule has 0 saturated carbocycles. The topological polar surface area (TPSA) is 59.8 Å². The molecule has 5 nitrogen and oxygen atoms in total. The number of hydrogen-bond acceptors (Lipinski definition) is 3. The van der Waals surface area contributed by atoms with E-state index in [1.54, 1.807) is 0 Å². The van der Waals surface area contributed by atoms with Gasteiger partial charge in [0.05, 0.1) is 25.8 Å². The first kappa shape index (κ1) is 19.9. The van der Waals surface area contributed by atoms with Gasteiger partial charge in [0, 0.05) is 0 Å². The van der Waals surface area contributed by atoms with E-state index in [1.807, 2.05) is 31.2 Å². The SMILES string of the molecule is Cc1ccc([C@H](C[NH+]2CCOCC2)NS(=O)(=O)c2c(F)cccc2F)cc1. The van der Waals surface area contributed by atoms with E-state index in [0.717, 1.165) is 42.4 Å². The molecule has 0 aromatic heterocycles. The van der Waals surface area contributed by atoms with E-state index in [4.69, 9.17) is 4.74 Å². The molecule has 1 atom stereocenters. The number of rotatable bonds is 6. The fourth-order valence-corrected chi connectivity index (χ4v) is 4.53. The molecule has 3 rings (SSSR count). The van der Waals surface area contributed by atoms with Crippen LogP contribution >= 0.6 is 0 Å². The molecule has 1 saturated heterocycles. The second-order valence-electron chi connectivity index (χ2n) is 6.70. The summed E-state index contributed by atoms with van der Waals surface area (Å²) >= 11 is 0. The quantitative estimate of drug-likeness (QED) is 0.770. The summed E-state index contributed by atoms with van der Waals surface area (Å²) in [5.41, 5.74) is 1.79. The van der Waals surface area contributed by atoms with Gasteiger partial charge in [-0.25, -0.2) is 17.2 Å². The van der Waals surface area contributed by atoms with Gasteiger partial charge in [0.25, 0.3) is 0 Å². The van der Waals surface area contributed by atoms with E-state index < -0.39 is 32.6 Å². The number of morpholine rings is 1. The highest BCUT2D eigenvalue weighted by atomic mass is 32.2. The minimum Gasteiger partial charge on any atom is -0.370 e. The van der Waals surface area contributed by atoms with Gasteiger partial charge in [-0.15, -0.1) is 0 Å². The third kappa shape index (κ3) is 4.90. The van der Waals surface area contributed by atoms with E-state index in [0.29, 0.717) is 19.8 Å². The van der Waals surface area contributed by atoms with Gasteiger partial charge in [0.15, 0.2) is 4.90 Å². The van der Waals surface area contributed by atoms with Crippen molar-refractivity contribution in [2.45, 2.75) is 17.9 Å². The Morgan fingerprint density at radius 2 is 1.67 bits per heavy atom. The van der Waals surface area contributed by atoms with Gasteiger partial charge in [-0.2, -0.15) is 4.72 Å². The molecule has 0 spiro atoms. The maximum absolute atomic E-state index is 14.0. The molecule has 0 bridgehead atoms. The van der Waals surface area contributed by atoms with Crippen molar-refractivity contribution in [3.8, 4) is 0 Å². The largest absolute Gasteiger partial charge is 0.370 e. The lowest BCUT2D eigenvalue weighted by atomic mass is 10.1. The zero-order valence-electron chi connectivity index (χ0n) is 15.0. The summed E-state index contributed by atoms with van der Waals surface area (Å²) in [4.78, 5) is 0.225. The molecule has 1 fully saturated rings. The first-order valence-corrected chi connectivity index (χ1v) is 10.3. The number of quaternary nitrogens is 1. The highest BCUT2D eigenvalue weighted by molar-refractivity contribution is 7.89. The number of sulfonamides is 1. The van der Waals surface area contributed by atoms with Crippen LogP contribution in [0, 0.1) is 18.6 Å². The molecule has 2 aromatic rings. The molecule has 0 amide bonds. The monoisotopic (exact) mass is 397 g/mol. The first-order valence-electron chi connectivity index (χ1n) is 8.81. The summed E-state index contributed by atoms with van der Waals surface area (Å²) in [5, 5.41) is 0. The van der Waals surface area contributed by atoms with E-state index >= 15 is 0 Å². The lowest BCUT2D eigenvalue weighted by Gasteiger charge is -2.28. The van der Waals surface area contributed by atoms with E-state index in [-0.39, 0.29) is 0 Å². The Bertz CT molecular complexity index is 862. The van der Waals surface area contributed by atoms with Gasteiger partial charge in [-0.1, -0.05) is 35.9 Å². The highest BCUT2D eigenvalue weighted by Gasteiger charge is 2.30. The average molecular weight is 397 g/mol. The van der Waals surface area contributed by atoms with Crippen LogP contribution in [0.3, 0.4) is 0 Å². The maximum atomic E-state index is 14.0. The molecule has 146 valence electrons. The molecule has 0 unspecified atom stereocenters. The molecule has 2 aromatic carbocycles. The number of nitrogens with one attached hydrogen (secondary N) is 2. The number of aryl methyl sites for hydroxylation is 1. The lowest BCUT2D eigenvalue weighted by molar-refractivity contribution is -0.909. The van der Waals surface area contributed by atoms with Gasteiger partial charge < -0.3 is 9.64 Å². The van der Waals surface area contributed by atoms with Crippen molar-refractivity contribution < 1.29 is 26.8 Å². The summed E-state index contributed by atoms with van der Waals surface area (Å²) in [7, 11) is -4.37. The van der Waals surface area contributed by atoms with Crippen molar-refractivity contribution >= 4 is 10.0 Å². The Morgan fingerprint density at radius 1 is 1.07 bits per heavy atom. The second-order valence-corrected chi connectivity index (χ2v) is 8.35. The van der Waals surface area contributed by atoms with E-state index in [9.17, 15) is 17.2 Å². The maximum Gasteiger partial charge on any atom is 0.247 e. The zero-order valence-corrected chi connectivity index (χ0v) is 15.9. The van der Waals surface area contributed by atoms with Crippen LogP contribution in [0.2, 0.25) is 0 Å². The van der Waals surface area contributed by atoms with Gasteiger partial charge in [-0.3, -0.25) is 0 Å².